The van der Waals surface area contributed by atoms with Gasteiger partial charge in [-0.05, 0) is 29.8 Å². The Balaban J connectivity index is 1.67. The zero-order valence-corrected chi connectivity index (χ0v) is 18.9. The third-order valence-corrected chi connectivity index (χ3v) is 5.67. The molecule has 0 radical (unpaired) electrons. The number of hydrogen-bond acceptors (Lipinski definition) is 6. The molecule has 3 aromatic carbocycles. The number of benzene rings is 3. The third-order valence-electron chi connectivity index (χ3n) is 5.67. The van der Waals surface area contributed by atoms with Crippen molar-refractivity contribution < 1.29 is 14.6 Å². The van der Waals surface area contributed by atoms with Crippen molar-refractivity contribution in [3.05, 3.63) is 90.1 Å². The molecule has 2 aromatic heterocycles. The number of ether oxygens (including phenoxy) is 2. The van der Waals surface area contributed by atoms with Gasteiger partial charge >= 0.3 is 0 Å². The number of nitrogens with zero attached hydrogens (tertiary/aromatic N) is 3. The van der Waals surface area contributed by atoms with E-state index in [0.717, 1.165) is 21.9 Å². The van der Waals surface area contributed by atoms with Crippen LogP contribution in [-0.4, -0.2) is 40.0 Å². The minimum Gasteiger partial charge on any atom is -0.489 e. The molecule has 0 spiro atoms. The van der Waals surface area contributed by atoms with Gasteiger partial charge < -0.3 is 19.9 Å². The van der Waals surface area contributed by atoms with Crippen LogP contribution >= 0.6 is 0 Å². The fourth-order valence-electron chi connectivity index (χ4n) is 4.05. The Hall–Kier alpha value is -3.94. The standard InChI is InChI=1S/C27H26N4O3/c1-33-14-15-34-24-13-7-11-22-25(24)29-27(30-26(22)28-17-19-8-3-2-4-9-19)31-21(18-32)16-20-10-5-6-12-23(20)31/h2-13,16,32H,14-15,17-18H2,1H3,(H,28,29,30). The molecule has 172 valence electrons. The second-order valence-electron chi connectivity index (χ2n) is 7.89. The van der Waals surface area contributed by atoms with Gasteiger partial charge in [-0.15, -0.1) is 0 Å². The van der Waals surface area contributed by atoms with E-state index in [4.69, 9.17) is 19.4 Å². The highest BCUT2D eigenvalue weighted by Crippen LogP contribution is 2.31. The molecule has 0 saturated heterocycles. The SMILES string of the molecule is COCCOc1cccc2c(NCc3ccccc3)nc(-n3c(CO)cc4ccccc43)nc12. The number of nitrogens with one attached hydrogen (secondary N) is 1. The number of aliphatic hydroxyl groups excluding tert-OH is 1. The molecule has 0 aliphatic rings. The van der Waals surface area contributed by atoms with Crippen LogP contribution in [0.2, 0.25) is 0 Å². The molecule has 5 aromatic rings. The minimum absolute atomic E-state index is 0.130. The van der Waals surface area contributed by atoms with E-state index < -0.39 is 0 Å². The van der Waals surface area contributed by atoms with Gasteiger partial charge in [-0.3, -0.25) is 4.57 Å². The fraction of sp³-hybridized carbons (Fsp3) is 0.185. The van der Waals surface area contributed by atoms with Gasteiger partial charge in [0.25, 0.3) is 0 Å². The van der Waals surface area contributed by atoms with E-state index in [0.29, 0.717) is 48.5 Å². The van der Waals surface area contributed by atoms with Gasteiger partial charge in [-0.1, -0.05) is 54.6 Å². The first-order chi connectivity index (χ1) is 16.8. The number of anilines is 1. The summed E-state index contributed by atoms with van der Waals surface area (Å²) in [7, 11) is 1.64. The molecule has 0 amide bonds. The lowest BCUT2D eigenvalue weighted by atomic mass is 10.2. The van der Waals surface area contributed by atoms with E-state index >= 15 is 0 Å². The van der Waals surface area contributed by atoms with Crippen molar-refractivity contribution in [2.24, 2.45) is 0 Å². The molecular weight excluding hydrogens is 428 g/mol. The summed E-state index contributed by atoms with van der Waals surface area (Å²) in [4.78, 5) is 9.81. The molecule has 2 heterocycles. The Bertz CT molecular complexity index is 1420. The molecule has 34 heavy (non-hydrogen) atoms. The summed E-state index contributed by atoms with van der Waals surface area (Å²) >= 11 is 0. The molecule has 0 saturated carbocycles. The van der Waals surface area contributed by atoms with Crippen molar-refractivity contribution in [2.75, 3.05) is 25.6 Å². The van der Waals surface area contributed by atoms with E-state index in [1.165, 1.54) is 0 Å². The largest absolute Gasteiger partial charge is 0.489 e. The average molecular weight is 455 g/mol. The summed E-state index contributed by atoms with van der Waals surface area (Å²) in [6, 6.07) is 25.9. The molecule has 0 aliphatic carbocycles. The van der Waals surface area contributed by atoms with E-state index in [-0.39, 0.29) is 6.61 Å². The lowest BCUT2D eigenvalue weighted by molar-refractivity contribution is 0.147. The van der Waals surface area contributed by atoms with Crippen LogP contribution in [0.15, 0.2) is 78.9 Å². The first-order valence-corrected chi connectivity index (χ1v) is 11.2. The normalized spacial score (nSPS) is 11.2. The molecule has 0 bridgehead atoms. The summed E-state index contributed by atoms with van der Waals surface area (Å²) in [5.74, 6) is 1.82. The lowest BCUT2D eigenvalue weighted by Crippen LogP contribution is -2.11. The zero-order valence-electron chi connectivity index (χ0n) is 18.9. The number of fused-ring (bicyclic) bond motifs is 2. The highest BCUT2D eigenvalue weighted by atomic mass is 16.5. The number of hydrogen-bond donors (Lipinski definition) is 2. The van der Waals surface area contributed by atoms with E-state index in [9.17, 15) is 5.11 Å². The smallest absolute Gasteiger partial charge is 0.237 e. The first-order valence-electron chi connectivity index (χ1n) is 11.2. The van der Waals surface area contributed by atoms with E-state index in [2.05, 4.69) is 17.4 Å². The molecule has 7 heteroatoms. The van der Waals surface area contributed by atoms with Crippen LogP contribution < -0.4 is 10.1 Å². The van der Waals surface area contributed by atoms with Crippen LogP contribution in [0.5, 0.6) is 5.75 Å². The number of methoxy groups -OCH3 is 1. The maximum absolute atomic E-state index is 10.1. The van der Waals surface area contributed by atoms with Crippen LogP contribution in [-0.2, 0) is 17.9 Å². The van der Waals surface area contributed by atoms with Gasteiger partial charge in [-0.25, -0.2) is 4.98 Å². The Morgan fingerprint density at radius 1 is 0.912 bits per heavy atom. The summed E-state index contributed by atoms with van der Waals surface area (Å²) in [6.07, 6.45) is 0. The number of rotatable bonds is 9. The van der Waals surface area contributed by atoms with Crippen molar-refractivity contribution in [3.8, 4) is 11.7 Å². The highest BCUT2D eigenvalue weighted by molar-refractivity contribution is 5.94. The first kappa shape index (κ1) is 21.9. The topological polar surface area (TPSA) is 81.4 Å². The van der Waals surface area contributed by atoms with Gasteiger partial charge in [-0.2, -0.15) is 4.98 Å². The molecular formula is C27H26N4O3. The maximum atomic E-state index is 10.1. The van der Waals surface area contributed by atoms with Gasteiger partial charge in [0, 0.05) is 24.4 Å². The number of aromatic nitrogens is 3. The summed E-state index contributed by atoms with van der Waals surface area (Å²) in [5.41, 5.74) is 3.48. The zero-order chi connectivity index (χ0) is 23.3. The van der Waals surface area contributed by atoms with Crippen LogP contribution in [0.25, 0.3) is 27.8 Å². The predicted molar refractivity (Wildman–Crippen MR) is 133 cm³/mol. The van der Waals surface area contributed by atoms with Gasteiger partial charge in [0.2, 0.25) is 5.95 Å². The fourth-order valence-corrected chi connectivity index (χ4v) is 4.05. The molecule has 2 N–H and O–H groups in total. The average Bonchev–Trinajstić information content (AvgIpc) is 3.27. The molecule has 0 unspecified atom stereocenters. The van der Waals surface area contributed by atoms with Gasteiger partial charge in [0.05, 0.1) is 24.4 Å². The second kappa shape index (κ2) is 9.91. The summed E-state index contributed by atoms with van der Waals surface area (Å²) in [5, 5.41) is 15.4. The van der Waals surface area contributed by atoms with Crippen molar-refractivity contribution in [1.82, 2.24) is 14.5 Å². The van der Waals surface area contributed by atoms with Crippen LogP contribution in [0.1, 0.15) is 11.3 Å². The summed E-state index contributed by atoms with van der Waals surface area (Å²) < 4.78 is 13.0. The highest BCUT2D eigenvalue weighted by Gasteiger charge is 2.17. The number of para-hydroxylation sites is 2. The van der Waals surface area contributed by atoms with Crippen molar-refractivity contribution >= 4 is 27.6 Å². The Kier molecular flexibility index (Phi) is 6.38. The summed E-state index contributed by atoms with van der Waals surface area (Å²) in [6.45, 7) is 1.37. The molecule has 0 aliphatic heterocycles. The van der Waals surface area contributed by atoms with Crippen LogP contribution in [0.3, 0.4) is 0 Å². The lowest BCUT2D eigenvalue weighted by Gasteiger charge is -2.15. The van der Waals surface area contributed by atoms with Crippen LogP contribution in [0.4, 0.5) is 5.82 Å². The van der Waals surface area contributed by atoms with E-state index in [1.807, 2.05) is 71.3 Å². The Labute approximate surface area is 197 Å². The Morgan fingerprint density at radius 3 is 2.56 bits per heavy atom. The molecule has 0 fully saturated rings. The quantitative estimate of drug-likeness (QED) is 0.314. The van der Waals surface area contributed by atoms with Crippen molar-refractivity contribution in [1.29, 1.82) is 0 Å². The third kappa shape index (κ3) is 4.31. The van der Waals surface area contributed by atoms with Gasteiger partial charge in [0.15, 0.2) is 0 Å². The second-order valence-corrected chi connectivity index (χ2v) is 7.89. The van der Waals surface area contributed by atoms with E-state index in [1.54, 1.807) is 7.11 Å². The van der Waals surface area contributed by atoms with Crippen LogP contribution in [0, 0.1) is 0 Å². The van der Waals surface area contributed by atoms with Gasteiger partial charge in [0.1, 0.15) is 23.7 Å². The minimum atomic E-state index is -0.130. The number of aliphatic hydroxyl groups is 1. The van der Waals surface area contributed by atoms with Crippen molar-refractivity contribution in [3.63, 3.8) is 0 Å². The molecule has 0 atom stereocenters. The predicted octanol–water partition coefficient (Wildman–Crippen LogP) is 4.70. The molecule has 7 nitrogen and oxygen atoms in total. The monoisotopic (exact) mass is 454 g/mol. The molecule has 5 rings (SSSR count). The van der Waals surface area contributed by atoms with Crippen molar-refractivity contribution in [2.45, 2.75) is 13.2 Å². The maximum Gasteiger partial charge on any atom is 0.237 e. The Morgan fingerprint density at radius 2 is 1.74 bits per heavy atom.